The Kier molecular flexibility index (Phi) is 5.57. The van der Waals surface area contributed by atoms with Crippen molar-refractivity contribution in [1.29, 1.82) is 0 Å². The van der Waals surface area contributed by atoms with Gasteiger partial charge in [-0.1, -0.05) is 24.0 Å². The van der Waals surface area contributed by atoms with E-state index in [0.717, 1.165) is 10.4 Å². The highest BCUT2D eigenvalue weighted by Crippen LogP contribution is 2.23. The Balaban J connectivity index is 1.78. The molecule has 1 amide bonds. The summed E-state index contributed by atoms with van der Waals surface area (Å²) in [5, 5.41) is 4.87. The van der Waals surface area contributed by atoms with Crippen molar-refractivity contribution in [3.63, 3.8) is 0 Å². The van der Waals surface area contributed by atoms with Crippen molar-refractivity contribution in [3.8, 4) is 23.3 Å². The lowest BCUT2D eigenvalue weighted by atomic mass is 10.1. The second-order valence-electron chi connectivity index (χ2n) is 5.36. The number of hydrogen-bond acceptors (Lipinski definition) is 4. The second-order valence-corrected chi connectivity index (χ2v) is 6.31. The van der Waals surface area contributed by atoms with Gasteiger partial charge in [0.25, 0.3) is 5.91 Å². The van der Waals surface area contributed by atoms with Crippen molar-refractivity contribution < 1.29 is 14.3 Å². The van der Waals surface area contributed by atoms with E-state index in [4.69, 9.17) is 9.47 Å². The summed E-state index contributed by atoms with van der Waals surface area (Å²) < 4.78 is 10.4. The zero-order valence-corrected chi connectivity index (χ0v) is 15.2. The fourth-order valence-electron chi connectivity index (χ4n) is 2.30. The van der Waals surface area contributed by atoms with Crippen molar-refractivity contribution >= 4 is 22.9 Å². The van der Waals surface area contributed by atoms with E-state index in [1.165, 1.54) is 0 Å². The Morgan fingerprint density at radius 3 is 2.38 bits per heavy atom. The van der Waals surface area contributed by atoms with E-state index in [1.54, 1.807) is 43.8 Å². The number of methoxy groups -OCH3 is 2. The van der Waals surface area contributed by atoms with Gasteiger partial charge in [-0.3, -0.25) is 4.79 Å². The van der Waals surface area contributed by atoms with Crippen molar-refractivity contribution in [1.82, 2.24) is 0 Å². The molecule has 0 atom stereocenters. The van der Waals surface area contributed by atoms with Crippen molar-refractivity contribution in [2.24, 2.45) is 0 Å². The molecule has 0 aliphatic heterocycles. The van der Waals surface area contributed by atoms with Gasteiger partial charge in [-0.05, 0) is 41.8 Å². The van der Waals surface area contributed by atoms with Crippen LogP contribution in [-0.2, 0) is 0 Å². The first kappa shape index (κ1) is 17.6. The van der Waals surface area contributed by atoms with Crippen LogP contribution in [0.15, 0.2) is 60.0 Å². The Morgan fingerprint density at radius 1 is 0.962 bits per heavy atom. The predicted molar refractivity (Wildman–Crippen MR) is 104 cm³/mol. The van der Waals surface area contributed by atoms with Crippen LogP contribution >= 0.6 is 11.3 Å². The van der Waals surface area contributed by atoms with Gasteiger partial charge in [-0.2, -0.15) is 0 Å². The zero-order valence-electron chi connectivity index (χ0n) is 14.4. The molecule has 0 spiro atoms. The predicted octanol–water partition coefficient (Wildman–Crippen LogP) is 4.42. The first-order valence-electron chi connectivity index (χ1n) is 7.88. The SMILES string of the molecule is COc1cc(OC)cc(C(=O)Nc2cccc(C#Cc3cccs3)c2)c1. The van der Waals surface area contributed by atoms with Gasteiger partial charge >= 0.3 is 0 Å². The third-order valence-corrected chi connectivity index (χ3v) is 4.37. The van der Waals surface area contributed by atoms with Crippen molar-refractivity contribution in [2.45, 2.75) is 0 Å². The summed E-state index contributed by atoms with van der Waals surface area (Å²) in [6.07, 6.45) is 0. The van der Waals surface area contributed by atoms with E-state index in [1.807, 2.05) is 41.8 Å². The normalized spacial score (nSPS) is 9.77. The lowest BCUT2D eigenvalue weighted by Gasteiger charge is -2.09. The standard InChI is InChI=1S/C21H17NO3S/c1-24-18-12-16(13-19(14-18)25-2)21(23)22-17-6-3-5-15(11-17)8-9-20-7-4-10-26-20/h3-7,10-14H,1-2H3,(H,22,23). The lowest BCUT2D eigenvalue weighted by Crippen LogP contribution is -2.12. The molecule has 130 valence electrons. The maximum absolute atomic E-state index is 12.5. The molecular weight excluding hydrogens is 346 g/mol. The number of thiophene rings is 1. The summed E-state index contributed by atoms with van der Waals surface area (Å²) in [5.74, 6) is 7.09. The summed E-state index contributed by atoms with van der Waals surface area (Å²) in [6.45, 7) is 0. The summed E-state index contributed by atoms with van der Waals surface area (Å²) in [4.78, 5) is 13.6. The Hall–Kier alpha value is -3.23. The summed E-state index contributed by atoms with van der Waals surface area (Å²) in [5.41, 5.74) is 1.96. The third-order valence-electron chi connectivity index (χ3n) is 3.59. The Bertz CT molecular complexity index is 946. The molecule has 1 heterocycles. The van der Waals surface area contributed by atoms with E-state index >= 15 is 0 Å². The lowest BCUT2D eigenvalue weighted by molar-refractivity contribution is 0.102. The fraction of sp³-hybridized carbons (Fsp3) is 0.0952. The highest BCUT2D eigenvalue weighted by Gasteiger charge is 2.10. The molecule has 0 saturated heterocycles. The minimum atomic E-state index is -0.245. The molecule has 5 heteroatoms. The summed E-state index contributed by atoms with van der Waals surface area (Å²) in [6, 6.07) is 16.4. The molecule has 0 saturated carbocycles. The number of carbonyl (C=O) groups is 1. The molecule has 0 radical (unpaired) electrons. The van der Waals surface area contributed by atoms with E-state index in [-0.39, 0.29) is 5.91 Å². The molecule has 2 aromatic carbocycles. The molecule has 4 nitrogen and oxygen atoms in total. The van der Waals surface area contributed by atoms with Crippen LogP contribution in [0.25, 0.3) is 0 Å². The number of anilines is 1. The molecule has 0 aliphatic carbocycles. The number of rotatable bonds is 4. The van der Waals surface area contributed by atoms with Gasteiger partial charge in [-0.15, -0.1) is 11.3 Å². The fourth-order valence-corrected chi connectivity index (χ4v) is 2.87. The number of benzene rings is 2. The molecule has 0 unspecified atom stereocenters. The van der Waals surface area contributed by atoms with Crippen LogP contribution in [0.3, 0.4) is 0 Å². The molecule has 1 aromatic heterocycles. The molecule has 0 fully saturated rings. The smallest absolute Gasteiger partial charge is 0.255 e. The van der Waals surface area contributed by atoms with Gasteiger partial charge in [-0.25, -0.2) is 0 Å². The van der Waals surface area contributed by atoms with E-state index in [2.05, 4.69) is 17.2 Å². The van der Waals surface area contributed by atoms with E-state index < -0.39 is 0 Å². The van der Waals surface area contributed by atoms with Gasteiger partial charge in [0.2, 0.25) is 0 Å². The summed E-state index contributed by atoms with van der Waals surface area (Å²) >= 11 is 1.59. The van der Waals surface area contributed by atoms with Gasteiger partial charge in [0, 0.05) is 22.9 Å². The number of ether oxygens (including phenoxy) is 2. The summed E-state index contributed by atoms with van der Waals surface area (Å²) in [7, 11) is 3.10. The highest BCUT2D eigenvalue weighted by molar-refractivity contribution is 7.10. The highest BCUT2D eigenvalue weighted by atomic mass is 32.1. The molecular formula is C21H17NO3S. The minimum absolute atomic E-state index is 0.245. The minimum Gasteiger partial charge on any atom is -0.497 e. The number of carbonyl (C=O) groups excluding carboxylic acids is 1. The van der Waals surface area contributed by atoms with E-state index in [9.17, 15) is 4.79 Å². The van der Waals surface area contributed by atoms with E-state index in [0.29, 0.717) is 22.7 Å². The van der Waals surface area contributed by atoms with Gasteiger partial charge in [0.15, 0.2) is 0 Å². The van der Waals surface area contributed by atoms with Crippen LogP contribution in [0, 0.1) is 11.8 Å². The Morgan fingerprint density at radius 2 is 1.73 bits per heavy atom. The van der Waals surface area contributed by atoms with Crippen molar-refractivity contribution in [3.05, 3.63) is 76.0 Å². The monoisotopic (exact) mass is 363 g/mol. The van der Waals surface area contributed by atoms with Crippen LogP contribution in [0.1, 0.15) is 20.8 Å². The van der Waals surface area contributed by atoms with Crippen LogP contribution in [0.2, 0.25) is 0 Å². The largest absolute Gasteiger partial charge is 0.497 e. The third kappa shape index (κ3) is 4.44. The average Bonchev–Trinajstić information content (AvgIpc) is 3.20. The van der Waals surface area contributed by atoms with Gasteiger partial charge < -0.3 is 14.8 Å². The molecule has 3 aromatic rings. The maximum atomic E-state index is 12.5. The zero-order chi connectivity index (χ0) is 18.4. The first-order chi connectivity index (χ1) is 12.7. The molecule has 0 bridgehead atoms. The maximum Gasteiger partial charge on any atom is 0.255 e. The van der Waals surface area contributed by atoms with Crippen LogP contribution in [0.4, 0.5) is 5.69 Å². The van der Waals surface area contributed by atoms with Crippen LogP contribution in [-0.4, -0.2) is 20.1 Å². The molecule has 26 heavy (non-hydrogen) atoms. The number of hydrogen-bond donors (Lipinski definition) is 1. The molecule has 1 N–H and O–H groups in total. The second kappa shape index (κ2) is 8.24. The first-order valence-corrected chi connectivity index (χ1v) is 8.76. The van der Waals surface area contributed by atoms with Crippen LogP contribution < -0.4 is 14.8 Å². The number of nitrogens with one attached hydrogen (secondary N) is 1. The van der Waals surface area contributed by atoms with Crippen molar-refractivity contribution in [2.75, 3.05) is 19.5 Å². The molecule has 3 rings (SSSR count). The van der Waals surface area contributed by atoms with Gasteiger partial charge in [0.05, 0.1) is 19.1 Å². The quantitative estimate of drug-likeness (QED) is 0.698. The van der Waals surface area contributed by atoms with Crippen LogP contribution in [0.5, 0.6) is 11.5 Å². The molecule has 0 aliphatic rings. The number of amides is 1. The average molecular weight is 363 g/mol. The topological polar surface area (TPSA) is 47.6 Å². The van der Waals surface area contributed by atoms with Gasteiger partial charge in [0.1, 0.15) is 11.5 Å². The Labute approximate surface area is 156 Å².